The molecule has 0 aliphatic carbocycles. The summed E-state index contributed by atoms with van der Waals surface area (Å²) in [7, 11) is 1.39. The van der Waals surface area contributed by atoms with Crippen LogP contribution in [-0.2, 0) is 28.7 Å². The fourth-order valence-electron chi connectivity index (χ4n) is 3.38. The van der Waals surface area contributed by atoms with Gasteiger partial charge in [0.15, 0.2) is 0 Å². The van der Waals surface area contributed by atoms with Gasteiger partial charge < -0.3 is 20.2 Å². The molecule has 4 unspecified atom stereocenters. The van der Waals surface area contributed by atoms with Crippen LogP contribution in [0.3, 0.4) is 0 Å². The van der Waals surface area contributed by atoms with E-state index in [-0.39, 0.29) is 12.5 Å². The van der Waals surface area contributed by atoms with Crippen molar-refractivity contribution < 1.29 is 28.7 Å². The monoisotopic (exact) mass is 411 g/mol. The zero-order valence-electron chi connectivity index (χ0n) is 17.1. The first-order chi connectivity index (χ1) is 13.7. The Morgan fingerprint density at radius 2 is 1.83 bits per heavy atom. The predicted molar refractivity (Wildman–Crippen MR) is 101 cm³/mol. The molecule has 162 valence electrons. The smallest absolute Gasteiger partial charge is 0.250 e. The number of likely N-dealkylation sites (tertiary alicyclic amines) is 1. The molecule has 5 atom stereocenters. The highest BCUT2D eigenvalue weighted by Crippen LogP contribution is 2.20. The van der Waals surface area contributed by atoms with Crippen molar-refractivity contribution in [2.75, 3.05) is 13.7 Å². The highest BCUT2D eigenvalue weighted by atomic mass is 16.5. The molecular formula is C18H29N5O6. The minimum absolute atomic E-state index is 0.0871. The van der Waals surface area contributed by atoms with Gasteiger partial charge in [0.25, 0.3) is 0 Å². The summed E-state index contributed by atoms with van der Waals surface area (Å²) < 4.78 is 4.90. The van der Waals surface area contributed by atoms with E-state index in [0.29, 0.717) is 13.0 Å². The van der Waals surface area contributed by atoms with Gasteiger partial charge in [-0.25, -0.2) is 10.4 Å². The number of hydrogen-bond acceptors (Lipinski definition) is 8. The van der Waals surface area contributed by atoms with Crippen LogP contribution in [0.2, 0.25) is 0 Å². The highest BCUT2D eigenvalue weighted by Gasteiger charge is 2.44. The number of ether oxygens (including phenoxy) is 1. The maximum atomic E-state index is 12.7. The van der Waals surface area contributed by atoms with E-state index in [9.17, 15) is 24.0 Å². The molecule has 11 heteroatoms. The molecule has 0 aromatic heterocycles. The number of carbonyl (C=O) groups excluding carboxylic acids is 5. The van der Waals surface area contributed by atoms with Crippen molar-refractivity contribution in [3.8, 4) is 0 Å². The number of amides is 4. The van der Waals surface area contributed by atoms with Gasteiger partial charge in [0.2, 0.25) is 23.6 Å². The largest absolute Gasteiger partial charge is 0.372 e. The van der Waals surface area contributed by atoms with Gasteiger partial charge in [0, 0.05) is 13.7 Å². The molecule has 2 aliphatic heterocycles. The van der Waals surface area contributed by atoms with Crippen LogP contribution in [0, 0.1) is 0 Å². The minimum Gasteiger partial charge on any atom is -0.372 e. The van der Waals surface area contributed by atoms with Crippen LogP contribution in [0.4, 0.5) is 0 Å². The van der Waals surface area contributed by atoms with Gasteiger partial charge in [-0.3, -0.25) is 24.1 Å². The molecule has 11 nitrogen and oxygen atoms in total. The summed E-state index contributed by atoms with van der Waals surface area (Å²) in [5.41, 5.74) is 2.96. The van der Waals surface area contributed by atoms with Crippen LogP contribution in [0.1, 0.15) is 40.0 Å². The first-order valence-corrected chi connectivity index (χ1v) is 9.67. The van der Waals surface area contributed by atoms with Crippen LogP contribution >= 0.6 is 0 Å². The Morgan fingerprint density at radius 1 is 1.17 bits per heavy atom. The lowest BCUT2D eigenvalue weighted by Crippen LogP contribution is -2.56. The fourth-order valence-corrected chi connectivity index (χ4v) is 3.38. The number of carbonyl (C=O) groups is 5. The zero-order chi connectivity index (χ0) is 21.7. The van der Waals surface area contributed by atoms with Crippen LogP contribution in [0.25, 0.3) is 0 Å². The highest BCUT2D eigenvalue weighted by molar-refractivity contribution is 6.08. The minimum atomic E-state index is -1.04. The quantitative estimate of drug-likeness (QED) is 0.232. The number of nitrogens with one attached hydrogen (secondary N) is 3. The van der Waals surface area contributed by atoms with Crippen LogP contribution < -0.4 is 16.1 Å². The topological polar surface area (TPSA) is 137 Å². The lowest BCUT2D eigenvalue weighted by atomic mass is 10.2. The third-order valence-corrected chi connectivity index (χ3v) is 5.17. The van der Waals surface area contributed by atoms with Crippen LogP contribution in [0.5, 0.6) is 0 Å². The second-order valence-corrected chi connectivity index (χ2v) is 7.32. The van der Waals surface area contributed by atoms with Gasteiger partial charge in [-0.05, 0) is 33.6 Å². The van der Waals surface area contributed by atoms with Crippen molar-refractivity contribution in [2.45, 2.75) is 70.4 Å². The van der Waals surface area contributed by atoms with E-state index in [1.807, 2.05) is 0 Å². The van der Waals surface area contributed by atoms with Crippen molar-refractivity contribution in [3.05, 3.63) is 0 Å². The number of hydrazine groups is 1. The second kappa shape index (κ2) is 9.90. The SMILES string of the molecule is COC(C)C(=O)NC(C)NC(=O)C(C)N1C(=O)CC(NN2CCC[C@H]2C=O)C1=O. The predicted octanol–water partition coefficient (Wildman–Crippen LogP) is -1.72. The molecule has 3 N–H and O–H groups in total. The van der Waals surface area contributed by atoms with E-state index in [1.165, 1.54) is 14.0 Å². The van der Waals surface area contributed by atoms with E-state index in [0.717, 1.165) is 17.6 Å². The fraction of sp³-hybridized carbons (Fsp3) is 0.722. The number of hydrogen-bond donors (Lipinski definition) is 3. The third-order valence-electron chi connectivity index (χ3n) is 5.17. The van der Waals surface area contributed by atoms with E-state index in [1.54, 1.807) is 18.9 Å². The molecule has 29 heavy (non-hydrogen) atoms. The molecule has 0 radical (unpaired) electrons. The number of nitrogens with zero attached hydrogens (tertiary/aromatic N) is 2. The van der Waals surface area contributed by atoms with Crippen molar-refractivity contribution in [2.24, 2.45) is 0 Å². The number of aldehydes is 1. The van der Waals surface area contributed by atoms with Crippen LogP contribution in [-0.4, -0.2) is 83.9 Å². The average Bonchev–Trinajstić information content (AvgIpc) is 3.24. The lowest BCUT2D eigenvalue weighted by Gasteiger charge is -2.27. The van der Waals surface area contributed by atoms with Gasteiger partial charge >= 0.3 is 0 Å². The van der Waals surface area contributed by atoms with Crippen LogP contribution in [0.15, 0.2) is 0 Å². The molecule has 0 aromatic carbocycles. The Bertz CT molecular complexity index is 671. The molecule has 0 bridgehead atoms. The van der Waals surface area contributed by atoms with Gasteiger partial charge in [-0.1, -0.05) is 0 Å². The molecule has 2 aliphatic rings. The molecule has 2 fully saturated rings. The first kappa shape index (κ1) is 22.9. The Hall–Kier alpha value is -2.37. The molecule has 4 amide bonds. The number of imide groups is 1. The third kappa shape index (κ3) is 5.37. The van der Waals surface area contributed by atoms with Gasteiger partial charge in [-0.2, -0.15) is 0 Å². The summed E-state index contributed by atoms with van der Waals surface area (Å²) in [5, 5.41) is 6.80. The normalized spacial score (nSPS) is 25.6. The molecule has 0 spiro atoms. The summed E-state index contributed by atoms with van der Waals surface area (Å²) >= 11 is 0. The molecule has 2 saturated heterocycles. The zero-order valence-corrected chi connectivity index (χ0v) is 17.1. The summed E-state index contributed by atoms with van der Waals surface area (Å²) in [6.45, 7) is 5.19. The summed E-state index contributed by atoms with van der Waals surface area (Å²) in [6, 6.07) is -2.17. The molecule has 0 aromatic rings. The number of methoxy groups -OCH3 is 1. The lowest BCUT2D eigenvalue weighted by molar-refractivity contribution is -0.147. The maximum Gasteiger partial charge on any atom is 0.250 e. The second-order valence-electron chi connectivity index (χ2n) is 7.32. The Morgan fingerprint density at radius 3 is 2.45 bits per heavy atom. The maximum absolute atomic E-state index is 12.7. The van der Waals surface area contributed by atoms with E-state index >= 15 is 0 Å². The molecule has 2 heterocycles. The van der Waals surface area contributed by atoms with E-state index in [4.69, 9.17) is 4.74 Å². The summed E-state index contributed by atoms with van der Waals surface area (Å²) in [6.07, 6.45) is 0.847. The van der Waals surface area contributed by atoms with Gasteiger partial charge in [-0.15, -0.1) is 0 Å². The van der Waals surface area contributed by atoms with Gasteiger partial charge in [0.05, 0.1) is 18.6 Å². The van der Waals surface area contributed by atoms with Crippen molar-refractivity contribution in [3.63, 3.8) is 0 Å². The van der Waals surface area contributed by atoms with E-state index < -0.39 is 48.0 Å². The summed E-state index contributed by atoms with van der Waals surface area (Å²) in [4.78, 5) is 61.4. The van der Waals surface area contributed by atoms with Crippen molar-refractivity contribution >= 4 is 29.9 Å². The standard InChI is InChI=1S/C18H29N5O6/c1-10(16(26)19-12(3)20-17(27)11(2)29-4)23-15(25)8-14(18(23)28)21-22-7-5-6-13(22)9-24/h9-14,21H,5-8H2,1-4H3,(H,19,26)(H,20,27)/t10?,11?,12?,13-,14?/m0/s1. The molecule has 2 rings (SSSR count). The first-order valence-electron chi connectivity index (χ1n) is 9.67. The summed E-state index contributed by atoms with van der Waals surface area (Å²) in [5.74, 6) is -1.96. The van der Waals surface area contributed by atoms with Crippen molar-refractivity contribution in [1.82, 2.24) is 26.0 Å². The van der Waals surface area contributed by atoms with Gasteiger partial charge in [0.1, 0.15) is 24.5 Å². The molecule has 0 saturated carbocycles. The Balaban J connectivity index is 1.93. The Kier molecular flexibility index (Phi) is 7.82. The Labute approximate surface area is 169 Å². The average molecular weight is 411 g/mol. The number of rotatable bonds is 9. The van der Waals surface area contributed by atoms with E-state index in [2.05, 4.69) is 16.1 Å². The molecular weight excluding hydrogens is 382 g/mol. The van der Waals surface area contributed by atoms with Crippen molar-refractivity contribution in [1.29, 1.82) is 0 Å².